The Labute approximate surface area is 125 Å². The lowest BCUT2D eigenvalue weighted by molar-refractivity contribution is 0.191. The Morgan fingerprint density at radius 2 is 1.90 bits per heavy atom. The van der Waals surface area contributed by atoms with Crippen LogP contribution in [0.25, 0.3) is 0 Å². The summed E-state index contributed by atoms with van der Waals surface area (Å²) in [5, 5.41) is 16.5. The summed E-state index contributed by atoms with van der Waals surface area (Å²) in [6.07, 6.45) is 0.459. The van der Waals surface area contributed by atoms with Gasteiger partial charge in [0.1, 0.15) is 5.82 Å². The second-order valence-electron chi connectivity index (χ2n) is 4.95. The van der Waals surface area contributed by atoms with E-state index in [1.807, 2.05) is 43.3 Å². The molecule has 0 radical (unpaired) electrons. The first-order chi connectivity index (χ1) is 10.2. The molecule has 0 aliphatic rings. The van der Waals surface area contributed by atoms with Gasteiger partial charge < -0.3 is 15.7 Å². The Hall–Kier alpha value is -2.14. The molecule has 1 aromatic carbocycles. The second-order valence-corrected chi connectivity index (χ2v) is 4.95. The van der Waals surface area contributed by atoms with Gasteiger partial charge in [0.15, 0.2) is 0 Å². The van der Waals surface area contributed by atoms with E-state index in [9.17, 15) is 5.11 Å². The maximum absolute atomic E-state index is 10.1. The third-order valence-corrected chi connectivity index (χ3v) is 3.05. The normalized spacial score (nSPS) is 12.0. The number of benzene rings is 1. The highest BCUT2D eigenvalue weighted by Gasteiger charge is 2.08. The third kappa shape index (κ3) is 4.72. The van der Waals surface area contributed by atoms with Gasteiger partial charge in [0.05, 0.1) is 6.10 Å². The van der Waals surface area contributed by atoms with Crippen molar-refractivity contribution < 1.29 is 5.11 Å². The molecular formula is C16H22N4O. The van der Waals surface area contributed by atoms with Crippen molar-refractivity contribution in [1.82, 2.24) is 9.97 Å². The zero-order valence-electron chi connectivity index (χ0n) is 12.5. The zero-order chi connectivity index (χ0) is 15.1. The van der Waals surface area contributed by atoms with E-state index >= 15 is 0 Å². The summed E-state index contributed by atoms with van der Waals surface area (Å²) in [5.41, 5.74) is 1.78. The molecule has 0 aliphatic carbocycles. The van der Waals surface area contributed by atoms with Crippen molar-refractivity contribution in [1.29, 1.82) is 0 Å². The summed E-state index contributed by atoms with van der Waals surface area (Å²) in [7, 11) is 0. The van der Waals surface area contributed by atoms with Crippen LogP contribution in [0.5, 0.6) is 0 Å². The van der Waals surface area contributed by atoms with Crippen LogP contribution in [-0.4, -0.2) is 28.2 Å². The molecule has 0 bridgehead atoms. The Morgan fingerprint density at radius 3 is 2.62 bits per heavy atom. The summed E-state index contributed by atoms with van der Waals surface area (Å²) in [5.74, 6) is 1.34. The summed E-state index contributed by atoms with van der Waals surface area (Å²) < 4.78 is 0. The minimum Gasteiger partial charge on any atom is -0.387 e. The number of aromatic nitrogens is 2. The fourth-order valence-electron chi connectivity index (χ4n) is 1.97. The van der Waals surface area contributed by atoms with Gasteiger partial charge in [0.25, 0.3) is 0 Å². The Kier molecular flexibility index (Phi) is 5.51. The van der Waals surface area contributed by atoms with Crippen molar-refractivity contribution in [2.24, 2.45) is 0 Å². The fourth-order valence-corrected chi connectivity index (χ4v) is 1.97. The van der Waals surface area contributed by atoms with E-state index < -0.39 is 6.10 Å². The van der Waals surface area contributed by atoms with E-state index in [0.717, 1.165) is 30.0 Å². The van der Waals surface area contributed by atoms with Gasteiger partial charge in [-0.15, -0.1) is 0 Å². The Morgan fingerprint density at radius 1 is 1.14 bits per heavy atom. The number of aryl methyl sites for hydroxylation is 1. The van der Waals surface area contributed by atoms with Crippen LogP contribution in [0.15, 0.2) is 36.4 Å². The summed E-state index contributed by atoms with van der Waals surface area (Å²) >= 11 is 0. The van der Waals surface area contributed by atoms with Crippen LogP contribution in [0.2, 0.25) is 0 Å². The number of hydrogen-bond donors (Lipinski definition) is 3. The highest BCUT2D eigenvalue weighted by molar-refractivity contribution is 5.42. The molecule has 0 saturated heterocycles. The van der Waals surface area contributed by atoms with Crippen LogP contribution in [-0.2, 0) is 0 Å². The van der Waals surface area contributed by atoms with Crippen LogP contribution in [0.4, 0.5) is 11.8 Å². The average Bonchev–Trinajstić information content (AvgIpc) is 2.51. The molecule has 5 heteroatoms. The van der Waals surface area contributed by atoms with Crippen LogP contribution < -0.4 is 10.6 Å². The monoisotopic (exact) mass is 286 g/mol. The average molecular weight is 286 g/mol. The number of nitrogens with zero attached hydrogens (tertiary/aromatic N) is 2. The lowest BCUT2D eigenvalue weighted by Crippen LogP contribution is -2.14. The Bertz CT molecular complexity index is 559. The van der Waals surface area contributed by atoms with E-state index in [1.165, 1.54) is 0 Å². The molecule has 1 heterocycles. The zero-order valence-corrected chi connectivity index (χ0v) is 12.5. The first kappa shape index (κ1) is 15.3. The van der Waals surface area contributed by atoms with Crippen LogP contribution in [0, 0.1) is 6.92 Å². The van der Waals surface area contributed by atoms with Gasteiger partial charge in [-0.1, -0.05) is 37.3 Å². The molecule has 21 heavy (non-hydrogen) atoms. The largest absolute Gasteiger partial charge is 0.387 e. The van der Waals surface area contributed by atoms with Gasteiger partial charge in [0.2, 0.25) is 5.95 Å². The number of nitrogens with one attached hydrogen (secondary N) is 2. The SMILES string of the molecule is CCCNc1nc(C)cc(NCC(O)c2ccccc2)n1. The minimum absolute atomic E-state index is 0.410. The first-order valence-electron chi connectivity index (χ1n) is 7.25. The molecule has 1 atom stereocenters. The van der Waals surface area contributed by atoms with Gasteiger partial charge in [-0.25, -0.2) is 4.98 Å². The highest BCUT2D eigenvalue weighted by Crippen LogP contribution is 2.14. The highest BCUT2D eigenvalue weighted by atomic mass is 16.3. The molecule has 2 aromatic rings. The first-order valence-corrected chi connectivity index (χ1v) is 7.25. The molecule has 0 aliphatic heterocycles. The van der Waals surface area contributed by atoms with Crippen LogP contribution in [0.1, 0.15) is 30.7 Å². The molecule has 3 N–H and O–H groups in total. The van der Waals surface area contributed by atoms with Gasteiger partial charge in [-0.05, 0) is 18.9 Å². The molecular weight excluding hydrogens is 264 g/mol. The Balaban J connectivity index is 1.97. The predicted octanol–water partition coefficient (Wildman–Crippen LogP) is 2.75. The summed E-state index contributed by atoms with van der Waals surface area (Å²) in [6, 6.07) is 11.5. The third-order valence-electron chi connectivity index (χ3n) is 3.05. The molecule has 1 unspecified atom stereocenters. The van der Waals surface area contributed by atoms with Crippen molar-refractivity contribution in [2.75, 3.05) is 23.7 Å². The molecule has 5 nitrogen and oxygen atoms in total. The van der Waals surface area contributed by atoms with E-state index in [4.69, 9.17) is 0 Å². The van der Waals surface area contributed by atoms with E-state index in [1.54, 1.807) is 0 Å². The van der Waals surface area contributed by atoms with Gasteiger partial charge in [-0.3, -0.25) is 0 Å². The number of aliphatic hydroxyl groups excluding tert-OH is 1. The number of rotatable bonds is 7. The molecule has 112 valence electrons. The molecule has 2 rings (SSSR count). The van der Waals surface area contributed by atoms with E-state index in [2.05, 4.69) is 27.5 Å². The minimum atomic E-state index is -0.562. The summed E-state index contributed by atoms with van der Waals surface area (Å²) in [6.45, 7) is 5.28. The predicted molar refractivity (Wildman–Crippen MR) is 85.4 cm³/mol. The lowest BCUT2D eigenvalue weighted by Gasteiger charge is -2.13. The topological polar surface area (TPSA) is 70.1 Å². The van der Waals surface area contributed by atoms with Crippen molar-refractivity contribution >= 4 is 11.8 Å². The van der Waals surface area contributed by atoms with E-state index in [0.29, 0.717) is 12.5 Å². The smallest absolute Gasteiger partial charge is 0.224 e. The number of hydrogen-bond acceptors (Lipinski definition) is 5. The summed E-state index contributed by atoms with van der Waals surface area (Å²) in [4.78, 5) is 8.72. The van der Waals surface area contributed by atoms with Crippen LogP contribution >= 0.6 is 0 Å². The molecule has 0 amide bonds. The lowest BCUT2D eigenvalue weighted by atomic mass is 10.1. The van der Waals surface area contributed by atoms with E-state index in [-0.39, 0.29) is 0 Å². The molecule has 0 saturated carbocycles. The van der Waals surface area contributed by atoms with Crippen molar-refractivity contribution in [3.8, 4) is 0 Å². The van der Waals surface area contributed by atoms with Gasteiger partial charge in [-0.2, -0.15) is 4.98 Å². The maximum Gasteiger partial charge on any atom is 0.224 e. The fraction of sp³-hybridized carbons (Fsp3) is 0.375. The molecule has 0 fully saturated rings. The molecule has 0 spiro atoms. The molecule has 1 aromatic heterocycles. The van der Waals surface area contributed by atoms with Crippen molar-refractivity contribution in [3.05, 3.63) is 47.7 Å². The van der Waals surface area contributed by atoms with Gasteiger partial charge >= 0.3 is 0 Å². The van der Waals surface area contributed by atoms with Crippen molar-refractivity contribution in [2.45, 2.75) is 26.4 Å². The quantitative estimate of drug-likeness (QED) is 0.730. The second kappa shape index (κ2) is 7.59. The number of aliphatic hydroxyl groups is 1. The standard InChI is InChI=1S/C16H22N4O/c1-3-9-17-16-19-12(2)10-15(20-16)18-11-14(21)13-7-5-4-6-8-13/h4-8,10,14,21H,3,9,11H2,1-2H3,(H2,17,18,19,20). The van der Waals surface area contributed by atoms with Crippen LogP contribution in [0.3, 0.4) is 0 Å². The van der Waals surface area contributed by atoms with Crippen molar-refractivity contribution in [3.63, 3.8) is 0 Å². The number of anilines is 2. The van der Waals surface area contributed by atoms with Gasteiger partial charge in [0, 0.05) is 24.8 Å². The maximum atomic E-state index is 10.1.